The molecule has 0 aromatic carbocycles. The van der Waals surface area contributed by atoms with E-state index in [0.717, 1.165) is 19.6 Å². The Morgan fingerprint density at radius 3 is 2.94 bits per heavy atom. The van der Waals surface area contributed by atoms with Gasteiger partial charge in [-0.3, -0.25) is 9.69 Å². The SMILES string of the molecule is C[C@H](C(=O)O)N1CCOC[C@@H]2CCCC[C@H]21. The molecule has 0 unspecified atom stereocenters. The number of carboxylic acids is 1. The fourth-order valence-corrected chi connectivity index (χ4v) is 3.01. The zero-order valence-electron chi connectivity index (χ0n) is 9.89. The van der Waals surface area contributed by atoms with Crippen LogP contribution in [0.1, 0.15) is 32.6 Å². The van der Waals surface area contributed by atoms with Crippen molar-refractivity contribution in [1.29, 1.82) is 0 Å². The first-order valence-corrected chi connectivity index (χ1v) is 6.26. The molecule has 4 nitrogen and oxygen atoms in total. The zero-order chi connectivity index (χ0) is 11.5. The maximum atomic E-state index is 11.1. The summed E-state index contributed by atoms with van der Waals surface area (Å²) in [4.78, 5) is 13.2. The van der Waals surface area contributed by atoms with Crippen LogP contribution in [-0.4, -0.2) is 47.8 Å². The topological polar surface area (TPSA) is 49.8 Å². The van der Waals surface area contributed by atoms with E-state index in [0.29, 0.717) is 18.6 Å². The number of fused-ring (bicyclic) bond motifs is 1. The molecule has 1 saturated heterocycles. The lowest BCUT2D eigenvalue weighted by Crippen LogP contribution is -2.50. The minimum Gasteiger partial charge on any atom is -0.480 e. The number of aliphatic carboxylic acids is 1. The van der Waals surface area contributed by atoms with E-state index in [9.17, 15) is 4.79 Å². The maximum Gasteiger partial charge on any atom is 0.320 e. The van der Waals surface area contributed by atoms with Crippen LogP contribution in [0.4, 0.5) is 0 Å². The van der Waals surface area contributed by atoms with E-state index >= 15 is 0 Å². The molecule has 0 bridgehead atoms. The molecule has 1 saturated carbocycles. The summed E-state index contributed by atoms with van der Waals surface area (Å²) in [5.41, 5.74) is 0. The molecule has 1 aliphatic carbocycles. The minimum atomic E-state index is -0.716. The van der Waals surface area contributed by atoms with Crippen molar-refractivity contribution in [1.82, 2.24) is 4.90 Å². The molecule has 2 aliphatic rings. The lowest BCUT2D eigenvalue weighted by Gasteiger charge is -2.39. The summed E-state index contributed by atoms with van der Waals surface area (Å²) in [5.74, 6) is -0.177. The van der Waals surface area contributed by atoms with Gasteiger partial charge in [-0.05, 0) is 25.7 Å². The molecule has 4 heteroatoms. The monoisotopic (exact) mass is 227 g/mol. The van der Waals surface area contributed by atoms with Crippen LogP contribution in [0.15, 0.2) is 0 Å². The predicted octanol–water partition coefficient (Wildman–Crippen LogP) is 1.35. The summed E-state index contributed by atoms with van der Waals surface area (Å²) >= 11 is 0. The van der Waals surface area contributed by atoms with Crippen molar-refractivity contribution in [3.63, 3.8) is 0 Å². The van der Waals surface area contributed by atoms with Crippen molar-refractivity contribution >= 4 is 5.97 Å². The van der Waals surface area contributed by atoms with Crippen molar-refractivity contribution in [3.05, 3.63) is 0 Å². The van der Waals surface area contributed by atoms with Crippen molar-refractivity contribution in [2.45, 2.75) is 44.7 Å². The maximum absolute atomic E-state index is 11.1. The summed E-state index contributed by atoms with van der Waals surface area (Å²) in [6, 6.07) is 0.0367. The highest BCUT2D eigenvalue weighted by Gasteiger charge is 2.36. The molecule has 0 aromatic heterocycles. The summed E-state index contributed by atoms with van der Waals surface area (Å²) in [6.45, 7) is 4.03. The summed E-state index contributed by atoms with van der Waals surface area (Å²) in [7, 11) is 0. The second-order valence-electron chi connectivity index (χ2n) is 4.94. The van der Waals surface area contributed by atoms with Gasteiger partial charge < -0.3 is 9.84 Å². The van der Waals surface area contributed by atoms with Crippen molar-refractivity contribution in [2.24, 2.45) is 5.92 Å². The van der Waals surface area contributed by atoms with Crippen LogP contribution in [-0.2, 0) is 9.53 Å². The third-order valence-electron chi connectivity index (χ3n) is 3.98. The molecular weight excluding hydrogens is 206 g/mol. The zero-order valence-corrected chi connectivity index (χ0v) is 9.89. The van der Waals surface area contributed by atoms with Gasteiger partial charge in [-0.25, -0.2) is 0 Å². The van der Waals surface area contributed by atoms with Crippen LogP contribution in [0.2, 0.25) is 0 Å². The van der Waals surface area contributed by atoms with Gasteiger partial charge >= 0.3 is 5.97 Å². The van der Waals surface area contributed by atoms with E-state index in [2.05, 4.69) is 4.90 Å². The van der Waals surface area contributed by atoms with E-state index < -0.39 is 5.97 Å². The van der Waals surface area contributed by atoms with E-state index in [1.54, 1.807) is 6.92 Å². The fourth-order valence-electron chi connectivity index (χ4n) is 3.01. The Morgan fingerprint density at radius 2 is 2.19 bits per heavy atom. The van der Waals surface area contributed by atoms with Gasteiger partial charge in [0.1, 0.15) is 6.04 Å². The third kappa shape index (κ3) is 2.38. The number of ether oxygens (including phenoxy) is 1. The quantitative estimate of drug-likeness (QED) is 0.773. The molecule has 0 radical (unpaired) electrons. The second kappa shape index (κ2) is 5.15. The second-order valence-corrected chi connectivity index (χ2v) is 4.94. The van der Waals surface area contributed by atoms with Gasteiger partial charge in [0, 0.05) is 12.6 Å². The van der Waals surface area contributed by atoms with Gasteiger partial charge in [-0.1, -0.05) is 12.8 Å². The predicted molar refractivity (Wildman–Crippen MR) is 60.4 cm³/mol. The summed E-state index contributed by atoms with van der Waals surface area (Å²) in [6.07, 6.45) is 4.81. The number of carboxylic acid groups (broad SMARTS) is 1. The Hall–Kier alpha value is -0.610. The first kappa shape index (κ1) is 11.9. The number of hydrogen-bond acceptors (Lipinski definition) is 3. The Labute approximate surface area is 96.6 Å². The average molecular weight is 227 g/mol. The van der Waals surface area contributed by atoms with Crippen LogP contribution in [0, 0.1) is 5.92 Å². The van der Waals surface area contributed by atoms with Crippen molar-refractivity contribution < 1.29 is 14.6 Å². The van der Waals surface area contributed by atoms with Gasteiger partial charge in [0.05, 0.1) is 13.2 Å². The van der Waals surface area contributed by atoms with Gasteiger partial charge in [-0.2, -0.15) is 0 Å². The molecular formula is C12H21NO3. The molecule has 0 aromatic rings. The van der Waals surface area contributed by atoms with Crippen molar-refractivity contribution in [2.75, 3.05) is 19.8 Å². The lowest BCUT2D eigenvalue weighted by atomic mass is 9.83. The molecule has 2 fully saturated rings. The van der Waals surface area contributed by atoms with Crippen LogP contribution in [0.25, 0.3) is 0 Å². The van der Waals surface area contributed by atoms with E-state index in [-0.39, 0.29) is 6.04 Å². The fraction of sp³-hybridized carbons (Fsp3) is 0.917. The van der Waals surface area contributed by atoms with Crippen LogP contribution >= 0.6 is 0 Å². The Bertz CT molecular complexity index is 257. The van der Waals surface area contributed by atoms with Gasteiger partial charge in [-0.15, -0.1) is 0 Å². The van der Waals surface area contributed by atoms with E-state index in [1.807, 2.05) is 0 Å². The van der Waals surface area contributed by atoms with Gasteiger partial charge in [0.15, 0.2) is 0 Å². The van der Waals surface area contributed by atoms with E-state index in [1.165, 1.54) is 19.3 Å². The smallest absolute Gasteiger partial charge is 0.320 e. The Kier molecular flexibility index (Phi) is 3.82. The molecule has 16 heavy (non-hydrogen) atoms. The lowest BCUT2D eigenvalue weighted by molar-refractivity contribution is -0.144. The molecule has 2 rings (SSSR count). The number of hydrogen-bond donors (Lipinski definition) is 1. The standard InChI is InChI=1S/C12H21NO3/c1-9(12(14)15)13-6-7-16-8-10-4-2-3-5-11(10)13/h9-11H,2-8H2,1H3,(H,14,15)/t9-,10+,11-/m1/s1. The molecule has 3 atom stereocenters. The van der Waals surface area contributed by atoms with Crippen LogP contribution in [0.5, 0.6) is 0 Å². The Balaban J connectivity index is 2.11. The van der Waals surface area contributed by atoms with Crippen LogP contribution < -0.4 is 0 Å². The summed E-state index contributed by atoms with van der Waals surface area (Å²) < 4.78 is 5.59. The molecule has 1 aliphatic heterocycles. The van der Waals surface area contributed by atoms with Crippen LogP contribution in [0.3, 0.4) is 0 Å². The highest BCUT2D eigenvalue weighted by molar-refractivity contribution is 5.72. The first-order chi connectivity index (χ1) is 7.70. The number of nitrogens with zero attached hydrogens (tertiary/aromatic N) is 1. The Morgan fingerprint density at radius 1 is 1.44 bits per heavy atom. The largest absolute Gasteiger partial charge is 0.480 e. The molecule has 1 heterocycles. The van der Waals surface area contributed by atoms with Gasteiger partial charge in [0.2, 0.25) is 0 Å². The van der Waals surface area contributed by atoms with E-state index in [4.69, 9.17) is 9.84 Å². The molecule has 92 valence electrons. The summed E-state index contributed by atoms with van der Waals surface area (Å²) in [5, 5.41) is 9.13. The van der Waals surface area contributed by atoms with Gasteiger partial charge in [0.25, 0.3) is 0 Å². The number of carbonyl (C=O) groups is 1. The number of rotatable bonds is 2. The third-order valence-corrected chi connectivity index (χ3v) is 3.98. The highest BCUT2D eigenvalue weighted by Crippen LogP contribution is 2.31. The minimum absolute atomic E-state index is 0.382. The van der Waals surface area contributed by atoms with Crippen molar-refractivity contribution in [3.8, 4) is 0 Å². The molecule has 0 amide bonds. The molecule has 1 N–H and O–H groups in total. The molecule has 0 spiro atoms. The average Bonchev–Trinajstić information content (AvgIpc) is 2.50. The highest BCUT2D eigenvalue weighted by atomic mass is 16.5. The first-order valence-electron chi connectivity index (χ1n) is 6.26. The normalized spacial score (nSPS) is 33.8.